The van der Waals surface area contributed by atoms with Gasteiger partial charge in [-0.25, -0.2) is 4.79 Å². The van der Waals surface area contributed by atoms with Crippen molar-refractivity contribution in [1.29, 1.82) is 0 Å². The summed E-state index contributed by atoms with van der Waals surface area (Å²) in [6.07, 6.45) is 0. The van der Waals surface area contributed by atoms with Gasteiger partial charge in [0.25, 0.3) is 0 Å². The van der Waals surface area contributed by atoms with Crippen LogP contribution in [-0.4, -0.2) is 18.9 Å². The zero-order valence-corrected chi connectivity index (χ0v) is 7.09. The molecule has 0 heterocycles. The quantitative estimate of drug-likeness (QED) is 0.616. The molecule has 3 heteroatoms. The van der Waals surface area contributed by atoms with E-state index in [0.29, 0.717) is 11.0 Å². The number of carboxylic acids is 1. The van der Waals surface area contributed by atoms with Crippen molar-refractivity contribution in [3.8, 4) is 0 Å². The minimum atomic E-state index is -0.916. The summed E-state index contributed by atoms with van der Waals surface area (Å²) in [6, 6.07) is 3.15. The molecule has 0 saturated heterocycles. The molecule has 1 N–H and O–H groups in total. The summed E-state index contributed by atoms with van der Waals surface area (Å²) in [5.41, 5.74) is 2.58. The fourth-order valence-corrected chi connectivity index (χ4v) is 1.10. The molecule has 1 aromatic rings. The molecule has 0 unspecified atom stereocenters. The highest BCUT2D eigenvalue weighted by molar-refractivity contribution is 6.34. The highest BCUT2D eigenvalue weighted by Gasteiger charge is 2.05. The SMILES string of the molecule is [B]c1c(C)cc(C(=O)O)cc1C. The predicted octanol–water partition coefficient (Wildman–Crippen LogP) is 0.795. The summed E-state index contributed by atoms with van der Waals surface area (Å²) in [4.78, 5) is 10.6. The Kier molecular flexibility index (Phi) is 2.22. The second-order valence-electron chi connectivity index (χ2n) is 2.83. The molecule has 0 aliphatic heterocycles. The van der Waals surface area contributed by atoms with Crippen LogP contribution in [0.25, 0.3) is 0 Å². The van der Waals surface area contributed by atoms with E-state index in [9.17, 15) is 4.79 Å². The van der Waals surface area contributed by atoms with E-state index in [1.165, 1.54) is 0 Å². The smallest absolute Gasteiger partial charge is 0.335 e. The van der Waals surface area contributed by atoms with E-state index < -0.39 is 5.97 Å². The number of aromatic carboxylic acids is 1. The van der Waals surface area contributed by atoms with Crippen LogP contribution in [0.2, 0.25) is 0 Å². The van der Waals surface area contributed by atoms with E-state index >= 15 is 0 Å². The molecule has 0 fully saturated rings. The number of carboxylic acid groups (broad SMARTS) is 1. The van der Waals surface area contributed by atoms with Gasteiger partial charge in [-0.2, -0.15) is 0 Å². The van der Waals surface area contributed by atoms with E-state index in [2.05, 4.69) is 0 Å². The van der Waals surface area contributed by atoms with Gasteiger partial charge in [0.15, 0.2) is 0 Å². The Labute approximate surface area is 72.6 Å². The molecule has 0 aliphatic rings. The lowest BCUT2D eigenvalue weighted by Crippen LogP contribution is -2.13. The minimum Gasteiger partial charge on any atom is -0.478 e. The molecule has 0 aliphatic carbocycles. The monoisotopic (exact) mass is 160 g/mol. The molecule has 0 bridgehead atoms. The maximum atomic E-state index is 10.6. The van der Waals surface area contributed by atoms with Crippen LogP contribution in [0.3, 0.4) is 0 Å². The van der Waals surface area contributed by atoms with Gasteiger partial charge in [-0.05, 0) is 26.0 Å². The molecule has 0 saturated carbocycles. The van der Waals surface area contributed by atoms with Crippen molar-refractivity contribution >= 4 is 19.3 Å². The maximum Gasteiger partial charge on any atom is 0.335 e. The summed E-state index contributed by atoms with van der Waals surface area (Å²) in [7, 11) is 5.66. The second-order valence-corrected chi connectivity index (χ2v) is 2.83. The molecule has 1 aromatic carbocycles. The molecule has 12 heavy (non-hydrogen) atoms. The lowest BCUT2D eigenvalue weighted by atomic mass is 9.85. The van der Waals surface area contributed by atoms with Gasteiger partial charge in [-0.3, -0.25) is 0 Å². The van der Waals surface area contributed by atoms with Crippen molar-refractivity contribution in [2.24, 2.45) is 0 Å². The maximum absolute atomic E-state index is 10.6. The lowest BCUT2D eigenvalue weighted by molar-refractivity contribution is 0.0696. The molecule has 1 rings (SSSR count). The standard InChI is InChI=1S/C9H9BO2/c1-5-3-7(9(11)12)4-6(2)8(5)10/h3-4H,1-2H3,(H,11,12). The Morgan fingerprint density at radius 1 is 1.33 bits per heavy atom. The fourth-order valence-electron chi connectivity index (χ4n) is 1.10. The third-order valence-electron chi connectivity index (χ3n) is 1.84. The van der Waals surface area contributed by atoms with Gasteiger partial charge in [-0.1, -0.05) is 16.6 Å². The highest BCUT2D eigenvalue weighted by atomic mass is 16.4. The van der Waals surface area contributed by atoms with Crippen LogP contribution < -0.4 is 5.46 Å². The number of rotatable bonds is 1. The first-order valence-electron chi connectivity index (χ1n) is 3.62. The van der Waals surface area contributed by atoms with Gasteiger partial charge in [0.05, 0.1) is 5.56 Å². The molecular formula is C9H9BO2. The normalized spacial score (nSPS) is 9.83. The topological polar surface area (TPSA) is 37.3 Å². The van der Waals surface area contributed by atoms with Crippen molar-refractivity contribution in [3.63, 3.8) is 0 Å². The second kappa shape index (κ2) is 3.01. The zero-order chi connectivity index (χ0) is 9.30. The first-order valence-corrected chi connectivity index (χ1v) is 3.62. The molecule has 0 atom stereocenters. The first-order chi connectivity index (χ1) is 5.52. The third kappa shape index (κ3) is 1.50. The van der Waals surface area contributed by atoms with Crippen molar-refractivity contribution < 1.29 is 9.90 Å². The van der Waals surface area contributed by atoms with Crippen LogP contribution in [-0.2, 0) is 0 Å². The van der Waals surface area contributed by atoms with Gasteiger partial charge in [-0.15, -0.1) is 0 Å². The van der Waals surface area contributed by atoms with E-state index in [0.717, 1.165) is 11.1 Å². The summed E-state index contributed by atoms with van der Waals surface area (Å²) in [5.74, 6) is -0.916. The average molecular weight is 160 g/mol. The van der Waals surface area contributed by atoms with Gasteiger partial charge in [0.2, 0.25) is 0 Å². The molecule has 0 aromatic heterocycles. The highest BCUT2D eigenvalue weighted by Crippen LogP contribution is 2.05. The number of carbonyl (C=O) groups is 1. The Morgan fingerprint density at radius 2 is 1.75 bits per heavy atom. The van der Waals surface area contributed by atoms with E-state index in [1.807, 2.05) is 0 Å². The molecular weight excluding hydrogens is 151 g/mol. The van der Waals surface area contributed by atoms with Crippen LogP contribution in [0, 0.1) is 13.8 Å². The average Bonchev–Trinajstić information content (AvgIpc) is 1.99. The summed E-state index contributed by atoms with van der Waals surface area (Å²) < 4.78 is 0. The van der Waals surface area contributed by atoms with Crippen molar-refractivity contribution in [2.75, 3.05) is 0 Å². The van der Waals surface area contributed by atoms with Gasteiger partial charge in [0, 0.05) is 0 Å². The minimum absolute atomic E-state index is 0.291. The van der Waals surface area contributed by atoms with Gasteiger partial charge < -0.3 is 5.11 Å². The summed E-state index contributed by atoms with van der Waals surface area (Å²) >= 11 is 0. The molecule has 60 valence electrons. The zero-order valence-electron chi connectivity index (χ0n) is 7.09. The summed E-state index contributed by atoms with van der Waals surface area (Å²) in [6.45, 7) is 3.60. The number of hydrogen-bond acceptors (Lipinski definition) is 1. The number of benzene rings is 1. The van der Waals surface area contributed by atoms with Gasteiger partial charge >= 0.3 is 5.97 Å². The number of hydrogen-bond donors (Lipinski definition) is 1. The van der Waals surface area contributed by atoms with Crippen molar-refractivity contribution in [3.05, 3.63) is 28.8 Å². The fraction of sp³-hybridized carbons (Fsp3) is 0.222. The van der Waals surface area contributed by atoms with Crippen molar-refractivity contribution in [1.82, 2.24) is 0 Å². The van der Waals surface area contributed by atoms with Crippen LogP contribution in [0.4, 0.5) is 0 Å². The largest absolute Gasteiger partial charge is 0.478 e. The van der Waals surface area contributed by atoms with Crippen LogP contribution in [0.15, 0.2) is 12.1 Å². The van der Waals surface area contributed by atoms with Crippen molar-refractivity contribution in [2.45, 2.75) is 13.8 Å². The van der Waals surface area contributed by atoms with E-state index in [4.69, 9.17) is 13.0 Å². The Hall–Kier alpha value is -1.25. The van der Waals surface area contributed by atoms with E-state index in [-0.39, 0.29) is 0 Å². The molecule has 2 radical (unpaired) electrons. The first kappa shape index (κ1) is 8.85. The Bertz CT molecular complexity index is 308. The Morgan fingerprint density at radius 3 is 2.08 bits per heavy atom. The Balaban J connectivity index is 3.31. The molecule has 0 amide bonds. The predicted molar refractivity (Wildman–Crippen MR) is 48.3 cm³/mol. The van der Waals surface area contributed by atoms with Crippen LogP contribution in [0.1, 0.15) is 21.5 Å². The molecule has 0 spiro atoms. The third-order valence-corrected chi connectivity index (χ3v) is 1.84. The van der Waals surface area contributed by atoms with Crippen LogP contribution in [0.5, 0.6) is 0 Å². The van der Waals surface area contributed by atoms with E-state index in [1.54, 1.807) is 26.0 Å². The van der Waals surface area contributed by atoms with Gasteiger partial charge in [0.1, 0.15) is 7.85 Å². The molecule has 2 nitrogen and oxygen atoms in total. The van der Waals surface area contributed by atoms with Crippen LogP contribution >= 0.6 is 0 Å². The number of aryl methyl sites for hydroxylation is 2. The lowest BCUT2D eigenvalue weighted by Gasteiger charge is -2.05. The summed E-state index contributed by atoms with van der Waals surface area (Å²) in [5, 5.41) is 8.68.